The van der Waals surface area contributed by atoms with E-state index in [1.165, 1.54) is 17.6 Å². The number of halogens is 6. The molecule has 2 N–H and O–H groups in total. The molecule has 0 saturated heterocycles. The summed E-state index contributed by atoms with van der Waals surface area (Å²) in [5.41, 5.74) is -5.50. The molecule has 0 radical (unpaired) electrons. The Bertz CT molecular complexity index is 743. The van der Waals surface area contributed by atoms with Crippen LogP contribution in [0, 0.1) is 23.2 Å². The molecule has 30 heavy (non-hydrogen) atoms. The number of nitrogens with zero attached hydrogens (tertiary/aromatic N) is 1. The maximum absolute atomic E-state index is 13.9. The molecule has 0 aromatic carbocycles. The molecule has 4 aliphatic carbocycles. The summed E-state index contributed by atoms with van der Waals surface area (Å²) in [5.74, 6) is -0.381. The van der Waals surface area contributed by atoms with Crippen LogP contribution in [0.2, 0.25) is 0 Å². The van der Waals surface area contributed by atoms with Gasteiger partial charge in [-0.2, -0.15) is 26.3 Å². The number of alkyl halides is 6. The third-order valence-corrected chi connectivity index (χ3v) is 6.97. The maximum Gasteiger partial charge on any atom is 0.434 e. The van der Waals surface area contributed by atoms with E-state index in [9.17, 15) is 31.1 Å². The van der Waals surface area contributed by atoms with Crippen LogP contribution in [0.25, 0.3) is 0 Å². The average molecular weight is 435 g/mol. The molecule has 4 fully saturated rings. The van der Waals surface area contributed by atoms with Gasteiger partial charge in [0.05, 0.1) is 5.56 Å². The number of aromatic nitrogens is 1. The number of hydrogen-bond acceptors (Lipinski definition) is 3. The first-order chi connectivity index (χ1) is 13.9. The zero-order valence-corrected chi connectivity index (χ0v) is 16.1. The van der Waals surface area contributed by atoms with Crippen molar-refractivity contribution in [3.05, 3.63) is 30.1 Å². The number of pyridine rings is 1. The Morgan fingerprint density at radius 3 is 1.97 bits per heavy atom. The molecule has 166 valence electrons. The van der Waals surface area contributed by atoms with Gasteiger partial charge in [0.2, 0.25) is 0 Å². The minimum Gasteiger partial charge on any atom is -0.319 e. The summed E-state index contributed by atoms with van der Waals surface area (Å²) in [4.78, 5) is 15.9. The molecule has 0 atom stereocenters. The van der Waals surface area contributed by atoms with Crippen molar-refractivity contribution in [1.82, 2.24) is 15.6 Å². The van der Waals surface area contributed by atoms with Crippen molar-refractivity contribution in [3.8, 4) is 0 Å². The van der Waals surface area contributed by atoms with E-state index in [2.05, 4.69) is 4.98 Å². The van der Waals surface area contributed by atoms with Crippen LogP contribution < -0.4 is 10.6 Å². The maximum atomic E-state index is 13.9. The van der Waals surface area contributed by atoms with Gasteiger partial charge < -0.3 is 5.32 Å². The van der Waals surface area contributed by atoms with Crippen LogP contribution in [0.1, 0.15) is 48.9 Å². The molecule has 0 unspecified atom stereocenters. The molecule has 1 amide bonds. The summed E-state index contributed by atoms with van der Waals surface area (Å²) in [6.07, 6.45) is -4.44. The van der Waals surface area contributed by atoms with Gasteiger partial charge in [-0.25, -0.2) is 0 Å². The van der Waals surface area contributed by atoms with Crippen LogP contribution in [-0.4, -0.2) is 35.5 Å². The molecule has 4 saturated carbocycles. The molecular formula is C20H23F6N3O. The van der Waals surface area contributed by atoms with Gasteiger partial charge in [0.1, 0.15) is 0 Å². The Kier molecular flexibility index (Phi) is 5.06. The van der Waals surface area contributed by atoms with Gasteiger partial charge in [0.15, 0.2) is 0 Å². The van der Waals surface area contributed by atoms with Crippen molar-refractivity contribution in [2.45, 2.75) is 56.5 Å². The summed E-state index contributed by atoms with van der Waals surface area (Å²) in [7, 11) is 0. The minimum absolute atomic E-state index is 0.370. The third-order valence-electron chi connectivity index (χ3n) is 6.97. The lowest BCUT2D eigenvalue weighted by molar-refractivity contribution is -0.316. The highest BCUT2D eigenvalue weighted by molar-refractivity contribution is 5.94. The van der Waals surface area contributed by atoms with Gasteiger partial charge in [-0.15, -0.1) is 0 Å². The molecule has 4 nitrogen and oxygen atoms in total. The molecular weight excluding hydrogens is 412 g/mol. The molecule has 1 heterocycles. The van der Waals surface area contributed by atoms with E-state index in [-0.39, 0.29) is 5.56 Å². The Balaban J connectivity index is 1.61. The molecule has 1 aromatic heterocycles. The fourth-order valence-corrected chi connectivity index (χ4v) is 6.11. The number of carbonyl (C=O) groups excluding carboxylic acids is 1. The van der Waals surface area contributed by atoms with Crippen LogP contribution >= 0.6 is 0 Å². The predicted molar refractivity (Wildman–Crippen MR) is 95.2 cm³/mol. The van der Waals surface area contributed by atoms with Gasteiger partial charge in [-0.3, -0.25) is 15.1 Å². The first-order valence-electron chi connectivity index (χ1n) is 10.0. The Hall–Kier alpha value is -1.84. The Morgan fingerprint density at radius 2 is 1.53 bits per heavy atom. The van der Waals surface area contributed by atoms with E-state index in [0.29, 0.717) is 37.0 Å². The fraction of sp³-hybridized carbons (Fsp3) is 0.700. The second-order valence-corrected chi connectivity index (χ2v) is 9.21. The van der Waals surface area contributed by atoms with Crippen LogP contribution in [-0.2, 0) is 0 Å². The zero-order valence-electron chi connectivity index (χ0n) is 16.1. The minimum atomic E-state index is -5.79. The van der Waals surface area contributed by atoms with Crippen molar-refractivity contribution in [2.75, 3.05) is 6.54 Å². The summed E-state index contributed by atoms with van der Waals surface area (Å²) >= 11 is 0. The first kappa shape index (κ1) is 21.4. The van der Waals surface area contributed by atoms with Crippen LogP contribution in [0.15, 0.2) is 24.5 Å². The second-order valence-electron chi connectivity index (χ2n) is 9.21. The van der Waals surface area contributed by atoms with E-state index < -0.39 is 35.9 Å². The van der Waals surface area contributed by atoms with E-state index >= 15 is 0 Å². The third kappa shape index (κ3) is 3.67. The number of nitrogens with one attached hydrogen (secondary N) is 2. The van der Waals surface area contributed by atoms with Crippen LogP contribution in [0.3, 0.4) is 0 Å². The van der Waals surface area contributed by atoms with Crippen molar-refractivity contribution in [1.29, 1.82) is 0 Å². The van der Waals surface area contributed by atoms with Gasteiger partial charge in [0.25, 0.3) is 11.6 Å². The van der Waals surface area contributed by atoms with Crippen molar-refractivity contribution in [2.24, 2.45) is 23.2 Å². The monoisotopic (exact) mass is 435 g/mol. The summed E-state index contributed by atoms with van der Waals surface area (Å²) in [5, 5.41) is 2.99. The molecule has 10 heteroatoms. The molecule has 0 aliphatic heterocycles. The second kappa shape index (κ2) is 7.10. The van der Waals surface area contributed by atoms with Gasteiger partial charge in [-0.1, -0.05) is 0 Å². The lowest BCUT2D eigenvalue weighted by Crippen LogP contribution is -2.76. The number of amides is 1. The highest BCUT2D eigenvalue weighted by atomic mass is 19.4. The average Bonchev–Trinajstić information content (AvgIpc) is 2.62. The summed E-state index contributed by atoms with van der Waals surface area (Å²) in [6.45, 7) is -0.442. The van der Waals surface area contributed by atoms with Crippen molar-refractivity contribution in [3.63, 3.8) is 0 Å². The molecule has 4 aliphatic rings. The number of carbonyl (C=O) groups is 1. The quantitative estimate of drug-likeness (QED) is 0.531. The molecule has 1 aromatic rings. The van der Waals surface area contributed by atoms with Gasteiger partial charge in [-0.05, 0) is 73.8 Å². The SMILES string of the molecule is O=C(NC(NCC12CC3CC(CC(C3)C1)C2)(C(F)(F)F)C(F)(F)F)c1cccnc1. The molecule has 0 spiro atoms. The smallest absolute Gasteiger partial charge is 0.319 e. The van der Waals surface area contributed by atoms with Crippen LogP contribution in [0.5, 0.6) is 0 Å². The normalized spacial score (nSPS) is 31.1. The lowest BCUT2D eigenvalue weighted by Gasteiger charge is -2.57. The van der Waals surface area contributed by atoms with E-state index in [1.54, 1.807) is 5.32 Å². The summed E-state index contributed by atoms with van der Waals surface area (Å²) < 4.78 is 83.4. The van der Waals surface area contributed by atoms with E-state index in [4.69, 9.17) is 0 Å². The molecule has 4 bridgehead atoms. The van der Waals surface area contributed by atoms with Crippen LogP contribution in [0.4, 0.5) is 26.3 Å². The zero-order chi connectivity index (χ0) is 21.8. The van der Waals surface area contributed by atoms with Gasteiger partial charge >= 0.3 is 12.4 Å². The van der Waals surface area contributed by atoms with Crippen molar-refractivity contribution < 1.29 is 31.1 Å². The largest absolute Gasteiger partial charge is 0.434 e. The lowest BCUT2D eigenvalue weighted by atomic mass is 9.49. The highest BCUT2D eigenvalue weighted by Gasteiger charge is 2.72. The molecule has 5 rings (SSSR count). The topological polar surface area (TPSA) is 54.0 Å². The van der Waals surface area contributed by atoms with E-state index in [1.807, 2.05) is 0 Å². The Labute approximate surface area is 169 Å². The summed E-state index contributed by atoms with van der Waals surface area (Å²) in [6, 6.07) is 2.37. The number of rotatable bonds is 5. The Morgan fingerprint density at radius 1 is 1.00 bits per heavy atom. The first-order valence-corrected chi connectivity index (χ1v) is 10.0. The highest BCUT2D eigenvalue weighted by Crippen LogP contribution is 2.60. The van der Waals surface area contributed by atoms with E-state index in [0.717, 1.165) is 31.5 Å². The predicted octanol–water partition coefficient (Wildman–Crippen LogP) is 4.44. The van der Waals surface area contributed by atoms with Gasteiger partial charge in [0, 0.05) is 18.9 Å². The standard InChI is InChI=1S/C20H23F6N3O/c21-19(22,23)18(20(24,25)26,29-16(30)15-2-1-3-27-10-15)28-11-17-7-12-4-13(8-17)6-14(5-12)9-17/h1-3,10,12-14,28H,4-9,11H2,(H,29,30). The number of hydrogen-bond donors (Lipinski definition) is 2. The van der Waals surface area contributed by atoms with Crippen molar-refractivity contribution >= 4 is 5.91 Å². The fourth-order valence-electron chi connectivity index (χ4n) is 6.11.